The van der Waals surface area contributed by atoms with Crippen molar-refractivity contribution in [3.63, 3.8) is 0 Å². The normalized spacial score (nSPS) is 13.7. The first-order chi connectivity index (χ1) is 9.31. The van der Waals surface area contributed by atoms with Gasteiger partial charge in [-0.3, -0.25) is 19.7 Å². The predicted molar refractivity (Wildman–Crippen MR) is 71.1 cm³/mol. The summed E-state index contributed by atoms with van der Waals surface area (Å²) in [6.45, 7) is 3.87. The summed E-state index contributed by atoms with van der Waals surface area (Å²) in [6.07, 6.45) is 0.336. The molecule has 0 aromatic rings. The molecule has 2 atom stereocenters. The zero-order chi connectivity index (χ0) is 15.7. The highest BCUT2D eigenvalue weighted by molar-refractivity contribution is 5.80. The first-order valence-corrected chi connectivity index (χ1v) is 6.45. The second-order valence-electron chi connectivity index (χ2n) is 4.88. The summed E-state index contributed by atoms with van der Waals surface area (Å²) < 4.78 is 9.30. The Hall–Kier alpha value is -1.63. The molecule has 0 spiro atoms. The van der Waals surface area contributed by atoms with Crippen molar-refractivity contribution in [2.75, 3.05) is 14.2 Å². The number of methoxy groups -OCH3 is 2. The largest absolute Gasteiger partial charge is 0.481 e. The second-order valence-corrected chi connectivity index (χ2v) is 4.88. The Labute approximate surface area is 118 Å². The van der Waals surface area contributed by atoms with Gasteiger partial charge in [-0.15, -0.1) is 0 Å². The molecule has 0 fully saturated rings. The van der Waals surface area contributed by atoms with Crippen molar-refractivity contribution in [3.05, 3.63) is 0 Å². The van der Waals surface area contributed by atoms with E-state index in [9.17, 15) is 14.4 Å². The van der Waals surface area contributed by atoms with Crippen molar-refractivity contribution < 1.29 is 29.0 Å². The Bertz CT molecular complexity index is 342. The summed E-state index contributed by atoms with van der Waals surface area (Å²) in [4.78, 5) is 33.9. The lowest BCUT2D eigenvalue weighted by molar-refractivity contribution is -0.147. The number of carbonyl (C=O) groups excluding carboxylic acids is 2. The fraction of sp³-hybridized carbons (Fsp3) is 0.769. The number of esters is 2. The van der Waals surface area contributed by atoms with Gasteiger partial charge in [-0.1, -0.05) is 13.8 Å². The van der Waals surface area contributed by atoms with Crippen LogP contribution in [0.25, 0.3) is 0 Å². The molecule has 2 N–H and O–H groups in total. The number of hydrogen-bond acceptors (Lipinski definition) is 6. The van der Waals surface area contributed by atoms with E-state index in [-0.39, 0.29) is 18.8 Å². The molecule has 0 aromatic heterocycles. The van der Waals surface area contributed by atoms with Crippen LogP contribution in [0.15, 0.2) is 0 Å². The fourth-order valence-electron chi connectivity index (χ4n) is 1.77. The average molecular weight is 289 g/mol. The molecular formula is C13H23NO6. The van der Waals surface area contributed by atoms with Crippen LogP contribution in [0.3, 0.4) is 0 Å². The number of carboxylic acids is 1. The number of aliphatic carboxylic acids is 1. The van der Waals surface area contributed by atoms with Gasteiger partial charge in [0, 0.05) is 6.42 Å². The topological polar surface area (TPSA) is 102 Å². The lowest BCUT2D eigenvalue weighted by atomic mass is 10.0. The van der Waals surface area contributed by atoms with E-state index in [2.05, 4.69) is 14.8 Å². The van der Waals surface area contributed by atoms with Crippen LogP contribution in [0.1, 0.15) is 33.1 Å². The van der Waals surface area contributed by atoms with Gasteiger partial charge in [0.15, 0.2) is 0 Å². The van der Waals surface area contributed by atoms with E-state index in [1.54, 1.807) is 0 Å². The van der Waals surface area contributed by atoms with Crippen LogP contribution in [-0.2, 0) is 23.9 Å². The molecule has 7 heteroatoms. The highest BCUT2D eigenvalue weighted by atomic mass is 16.5. The molecule has 0 aliphatic rings. The standard InChI is InChI=1S/C13H23NO6/c1-8(2)7-10(13(18)20-4)14-9(12(17)19-3)5-6-11(15)16/h8-10,14H,5-7H2,1-4H3,(H,15,16)/t9-,10-/m0/s1. The van der Waals surface area contributed by atoms with Gasteiger partial charge in [0.2, 0.25) is 0 Å². The third-order valence-electron chi connectivity index (χ3n) is 2.73. The van der Waals surface area contributed by atoms with E-state index in [0.717, 1.165) is 0 Å². The summed E-state index contributed by atoms with van der Waals surface area (Å²) in [5.41, 5.74) is 0. The number of rotatable bonds is 9. The molecule has 0 unspecified atom stereocenters. The SMILES string of the molecule is COC(=O)[C@H](CCC(=O)O)N[C@@H](CC(C)C)C(=O)OC. The number of hydrogen-bond donors (Lipinski definition) is 2. The molecule has 116 valence electrons. The number of carboxylic acid groups (broad SMARTS) is 1. The van der Waals surface area contributed by atoms with E-state index >= 15 is 0 Å². The van der Waals surface area contributed by atoms with Crippen molar-refractivity contribution in [2.45, 2.75) is 45.2 Å². The van der Waals surface area contributed by atoms with Gasteiger partial charge >= 0.3 is 17.9 Å². The predicted octanol–water partition coefficient (Wildman–Crippen LogP) is 0.570. The molecule has 0 amide bonds. The number of nitrogens with one attached hydrogen (secondary N) is 1. The molecule has 0 aliphatic carbocycles. The Kier molecular flexibility index (Phi) is 8.54. The summed E-state index contributed by atoms with van der Waals surface area (Å²) in [5, 5.41) is 11.5. The Morgan fingerprint density at radius 2 is 1.55 bits per heavy atom. The third kappa shape index (κ3) is 7.08. The van der Waals surface area contributed by atoms with Crippen LogP contribution >= 0.6 is 0 Å². The average Bonchev–Trinajstić information content (AvgIpc) is 2.39. The minimum atomic E-state index is -1.01. The van der Waals surface area contributed by atoms with Gasteiger partial charge in [0.25, 0.3) is 0 Å². The minimum absolute atomic E-state index is 0.0492. The Balaban J connectivity index is 4.81. The zero-order valence-electron chi connectivity index (χ0n) is 12.3. The summed E-state index contributed by atoms with van der Waals surface area (Å²) >= 11 is 0. The van der Waals surface area contributed by atoms with E-state index in [1.165, 1.54) is 14.2 Å². The molecule has 0 rings (SSSR count). The Morgan fingerprint density at radius 1 is 1.05 bits per heavy atom. The summed E-state index contributed by atoms with van der Waals surface area (Å²) in [6, 6.07) is -1.52. The van der Waals surface area contributed by atoms with Gasteiger partial charge in [-0.05, 0) is 18.8 Å². The summed E-state index contributed by atoms with van der Waals surface area (Å²) in [5.74, 6) is -1.88. The van der Waals surface area contributed by atoms with E-state index in [0.29, 0.717) is 6.42 Å². The van der Waals surface area contributed by atoms with Gasteiger partial charge in [-0.25, -0.2) is 0 Å². The maximum Gasteiger partial charge on any atom is 0.322 e. The first kappa shape index (κ1) is 18.4. The van der Waals surface area contributed by atoms with Gasteiger partial charge in [0.1, 0.15) is 12.1 Å². The maximum atomic E-state index is 11.7. The lowest BCUT2D eigenvalue weighted by Crippen LogP contribution is -2.48. The molecule has 0 heterocycles. The quantitative estimate of drug-likeness (QED) is 0.598. The molecule has 0 saturated carbocycles. The van der Waals surface area contributed by atoms with Crippen LogP contribution in [0.5, 0.6) is 0 Å². The Morgan fingerprint density at radius 3 is 1.95 bits per heavy atom. The number of carbonyl (C=O) groups is 3. The fourth-order valence-corrected chi connectivity index (χ4v) is 1.77. The molecule has 0 aliphatic heterocycles. The third-order valence-corrected chi connectivity index (χ3v) is 2.73. The molecule has 0 aromatic carbocycles. The molecular weight excluding hydrogens is 266 g/mol. The van der Waals surface area contributed by atoms with Crippen LogP contribution in [0.4, 0.5) is 0 Å². The lowest BCUT2D eigenvalue weighted by Gasteiger charge is -2.23. The van der Waals surface area contributed by atoms with Crippen molar-refractivity contribution in [2.24, 2.45) is 5.92 Å². The van der Waals surface area contributed by atoms with Gasteiger partial charge in [-0.2, -0.15) is 0 Å². The summed E-state index contributed by atoms with van der Waals surface area (Å²) in [7, 11) is 2.48. The van der Waals surface area contributed by atoms with Crippen LogP contribution < -0.4 is 5.32 Å². The zero-order valence-corrected chi connectivity index (χ0v) is 12.3. The maximum absolute atomic E-state index is 11.7. The van der Waals surface area contributed by atoms with Gasteiger partial charge < -0.3 is 14.6 Å². The van der Waals surface area contributed by atoms with E-state index in [4.69, 9.17) is 5.11 Å². The minimum Gasteiger partial charge on any atom is -0.481 e. The highest BCUT2D eigenvalue weighted by Gasteiger charge is 2.28. The molecule has 7 nitrogen and oxygen atoms in total. The highest BCUT2D eigenvalue weighted by Crippen LogP contribution is 2.10. The van der Waals surface area contributed by atoms with Crippen LogP contribution in [-0.4, -0.2) is 49.3 Å². The molecule has 0 radical (unpaired) electrons. The number of ether oxygens (including phenoxy) is 2. The van der Waals surface area contributed by atoms with Crippen LogP contribution in [0, 0.1) is 5.92 Å². The van der Waals surface area contributed by atoms with Crippen molar-refractivity contribution in [1.82, 2.24) is 5.32 Å². The second kappa shape index (κ2) is 9.30. The molecule has 20 heavy (non-hydrogen) atoms. The smallest absolute Gasteiger partial charge is 0.322 e. The van der Waals surface area contributed by atoms with E-state index < -0.39 is 30.0 Å². The van der Waals surface area contributed by atoms with Crippen molar-refractivity contribution in [3.8, 4) is 0 Å². The van der Waals surface area contributed by atoms with E-state index in [1.807, 2.05) is 13.8 Å². The first-order valence-electron chi connectivity index (χ1n) is 6.45. The molecule has 0 saturated heterocycles. The monoisotopic (exact) mass is 289 g/mol. The van der Waals surface area contributed by atoms with Crippen molar-refractivity contribution in [1.29, 1.82) is 0 Å². The van der Waals surface area contributed by atoms with Crippen LogP contribution in [0.2, 0.25) is 0 Å². The van der Waals surface area contributed by atoms with Crippen molar-refractivity contribution >= 4 is 17.9 Å². The van der Waals surface area contributed by atoms with Gasteiger partial charge in [0.05, 0.1) is 14.2 Å². The molecule has 0 bridgehead atoms.